The average molecular weight is 348 g/mol. The number of rotatable bonds is 5. The third-order valence-electron chi connectivity index (χ3n) is 3.35. The van der Waals surface area contributed by atoms with E-state index in [4.69, 9.17) is 21.7 Å². The average Bonchev–Trinajstić information content (AvgIpc) is 2.56. The van der Waals surface area contributed by atoms with Crippen molar-refractivity contribution in [3.63, 3.8) is 0 Å². The van der Waals surface area contributed by atoms with Gasteiger partial charge in [0.25, 0.3) is 11.8 Å². The Bertz CT molecular complexity index is 757. The minimum Gasteiger partial charge on any atom is -0.504 e. The molecular formula is C16H16N2O5S. The van der Waals surface area contributed by atoms with Gasteiger partial charge < -0.3 is 14.6 Å². The Labute approximate surface area is 144 Å². The van der Waals surface area contributed by atoms with Crippen LogP contribution in [0.1, 0.15) is 5.56 Å². The number of carbonyl (C=O) groups excluding carboxylic acids is 2. The molecule has 1 heterocycles. The lowest BCUT2D eigenvalue weighted by molar-refractivity contribution is -0.128. The number of hydrogen-bond acceptors (Lipinski definition) is 6. The van der Waals surface area contributed by atoms with Crippen LogP contribution in [0.3, 0.4) is 0 Å². The van der Waals surface area contributed by atoms with Gasteiger partial charge in [0.2, 0.25) is 5.75 Å². The summed E-state index contributed by atoms with van der Waals surface area (Å²) < 4.78 is 10.2. The van der Waals surface area contributed by atoms with Crippen LogP contribution in [0.5, 0.6) is 17.2 Å². The van der Waals surface area contributed by atoms with Crippen molar-refractivity contribution in [2.75, 3.05) is 20.8 Å². The number of amides is 2. The molecule has 1 aliphatic rings. The van der Waals surface area contributed by atoms with Crippen molar-refractivity contribution >= 4 is 35.2 Å². The number of methoxy groups -OCH3 is 2. The first kappa shape index (κ1) is 17.5. The molecule has 0 aliphatic carbocycles. The van der Waals surface area contributed by atoms with Crippen molar-refractivity contribution in [3.8, 4) is 17.2 Å². The van der Waals surface area contributed by atoms with E-state index in [9.17, 15) is 14.7 Å². The highest BCUT2D eigenvalue weighted by Crippen LogP contribution is 2.39. The van der Waals surface area contributed by atoms with Crippen LogP contribution in [0.4, 0.5) is 0 Å². The molecule has 0 bridgehead atoms. The SMILES string of the molecule is C=CCN1C(=O)C(=Cc2ccc(OC)c(OC)c2O)C(=O)NC1=S. The van der Waals surface area contributed by atoms with Crippen molar-refractivity contribution in [1.82, 2.24) is 10.2 Å². The normalized spacial score (nSPS) is 16.2. The first-order valence-corrected chi connectivity index (χ1v) is 7.29. The number of hydrogen-bond donors (Lipinski definition) is 2. The number of benzene rings is 1. The predicted octanol–water partition coefficient (Wildman–Crippen LogP) is 1.22. The fraction of sp³-hybridized carbons (Fsp3) is 0.188. The first-order chi connectivity index (χ1) is 11.4. The molecule has 1 aromatic carbocycles. The van der Waals surface area contributed by atoms with Crippen molar-refractivity contribution in [2.24, 2.45) is 0 Å². The Kier molecular flexibility index (Phi) is 5.20. The van der Waals surface area contributed by atoms with Gasteiger partial charge in [-0.15, -0.1) is 6.58 Å². The molecule has 0 saturated carbocycles. The topological polar surface area (TPSA) is 88.1 Å². The molecule has 1 aromatic rings. The lowest BCUT2D eigenvalue weighted by Crippen LogP contribution is -2.53. The van der Waals surface area contributed by atoms with Crippen LogP contribution in [0, 0.1) is 0 Å². The number of nitrogens with zero attached hydrogens (tertiary/aromatic N) is 1. The molecule has 1 fully saturated rings. The zero-order chi connectivity index (χ0) is 17.9. The second-order valence-electron chi connectivity index (χ2n) is 4.76. The van der Waals surface area contributed by atoms with Crippen LogP contribution in [0.25, 0.3) is 6.08 Å². The molecule has 0 unspecified atom stereocenters. The Hall–Kier alpha value is -2.87. The van der Waals surface area contributed by atoms with E-state index < -0.39 is 11.8 Å². The third kappa shape index (κ3) is 3.09. The smallest absolute Gasteiger partial charge is 0.265 e. The first-order valence-electron chi connectivity index (χ1n) is 6.88. The second kappa shape index (κ2) is 7.14. The number of thiocarbonyl (C=S) groups is 1. The van der Waals surface area contributed by atoms with Gasteiger partial charge in [-0.2, -0.15) is 0 Å². The van der Waals surface area contributed by atoms with E-state index in [0.717, 1.165) is 0 Å². The van der Waals surface area contributed by atoms with Crippen molar-refractivity contribution in [3.05, 3.63) is 35.9 Å². The molecule has 24 heavy (non-hydrogen) atoms. The number of ether oxygens (including phenoxy) is 2. The highest BCUT2D eigenvalue weighted by molar-refractivity contribution is 7.80. The number of carbonyl (C=O) groups is 2. The van der Waals surface area contributed by atoms with Gasteiger partial charge in [0, 0.05) is 12.1 Å². The minimum atomic E-state index is -0.639. The Morgan fingerprint density at radius 2 is 2.04 bits per heavy atom. The van der Waals surface area contributed by atoms with Gasteiger partial charge in [0.15, 0.2) is 16.6 Å². The van der Waals surface area contributed by atoms with Gasteiger partial charge in [-0.25, -0.2) is 0 Å². The number of phenolic OH excluding ortho intramolecular Hbond substituents is 1. The summed E-state index contributed by atoms with van der Waals surface area (Å²) in [4.78, 5) is 25.7. The fourth-order valence-corrected chi connectivity index (χ4v) is 2.44. The monoisotopic (exact) mass is 348 g/mol. The molecule has 0 atom stereocenters. The summed E-state index contributed by atoms with van der Waals surface area (Å²) in [6, 6.07) is 3.07. The molecule has 2 rings (SSSR count). The molecule has 2 amide bonds. The molecular weight excluding hydrogens is 332 g/mol. The van der Waals surface area contributed by atoms with Crippen molar-refractivity contribution in [2.45, 2.75) is 0 Å². The highest BCUT2D eigenvalue weighted by Gasteiger charge is 2.33. The number of nitrogens with one attached hydrogen (secondary N) is 1. The van der Waals surface area contributed by atoms with Crippen LogP contribution in [0.2, 0.25) is 0 Å². The second-order valence-corrected chi connectivity index (χ2v) is 5.15. The van der Waals surface area contributed by atoms with E-state index in [2.05, 4.69) is 11.9 Å². The molecule has 0 aromatic heterocycles. The van der Waals surface area contributed by atoms with Gasteiger partial charge in [0.1, 0.15) is 5.57 Å². The summed E-state index contributed by atoms with van der Waals surface area (Å²) in [6.45, 7) is 3.71. The predicted molar refractivity (Wildman–Crippen MR) is 91.8 cm³/mol. The lowest BCUT2D eigenvalue weighted by Gasteiger charge is -2.27. The van der Waals surface area contributed by atoms with Gasteiger partial charge in [-0.1, -0.05) is 6.08 Å². The van der Waals surface area contributed by atoms with Crippen LogP contribution in [0.15, 0.2) is 30.4 Å². The van der Waals surface area contributed by atoms with E-state index in [1.54, 1.807) is 6.07 Å². The maximum absolute atomic E-state index is 12.5. The Morgan fingerprint density at radius 1 is 1.33 bits per heavy atom. The zero-order valence-corrected chi connectivity index (χ0v) is 14.0. The van der Waals surface area contributed by atoms with Crippen LogP contribution in [-0.4, -0.2) is 47.7 Å². The zero-order valence-electron chi connectivity index (χ0n) is 13.2. The molecule has 2 N–H and O–H groups in total. The Morgan fingerprint density at radius 3 is 2.62 bits per heavy atom. The number of phenols is 1. The molecule has 0 radical (unpaired) electrons. The van der Waals surface area contributed by atoms with Crippen molar-refractivity contribution < 1.29 is 24.2 Å². The molecule has 126 valence electrons. The van der Waals surface area contributed by atoms with Gasteiger partial charge in [-0.05, 0) is 30.4 Å². The van der Waals surface area contributed by atoms with E-state index in [-0.39, 0.29) is 34.3 Å². The summed E-state index contributed by atoms with van der Waals surface area (Å²) >= 11 is 4.97. The van der Waals surface area contributed by atoms with E-state index in [1.165, 1.54) is 37.3 Å². The van der Waals surface area contributed by atoms with Gasteiger partial charge in [0.05, 0.1) is 14.2 Å². The maximum atomic E-state index is 12.5. The molecule has 0 spiro atoms. The van der Waals surface area contributed by atoms with E-state index in [1.807, 2.05) is 0 Å². The van der Waals surface area contributed by atoms with Crippen LogP contribution >= 0.6 is 12.2 Å². The molecule has 1 aliphatic heterocycles. The Balaban J connectivity index is 2.49. The third-order valence-corrected chi connectivity index (χ3v) is 3.67. The van der Waals surface area contributed by atoms with E-state index >= 15 is 0 Å². The van der Waals surface area contributed by atoms with Crippen molar-refractivity contribution in [1.29, 1.82) is 0 Å². The van der Waals surface area contributed by atoms with E-state index in [0.29, 0.717) is 5.75 Å². The maximum Gasteiger partial charge on any atom is 0.265 e. The molecule has 8 heteroatoms. The highest BCUT2D eigenvalue weighted by atomic mass is 32.1. The summed E-state index contributed by atoms with van der Waals surface area (Å²) in [5.41, 5.74) is 0.0745. The fourth-order valence-electron chi connectivity index (χ4n) is 2.19. The number of aromatic hydroxyl groups is 1. The summed E-state index contributed by atoms with van der Waals surface area (Å²) in [6.07, 6.45) is 2.76. The summed E-state index contributed by atoms with van der Waals surface area (Å²) in [5.74, 6) is -1.02. The van der Waals surface area contributed by atoms with Crippen LogP contribution < -0.4 is 14.8 Å². The molecule has 1 saturated heterocycles. The summed E-state index contributed by atoms with van der Waals surface area (Å²) in [7, 11) is 2.80. The lowest BCUT2D eigenvalue weighted by atomic mass is 10.1. The quantitative estimate of drug-likeness (QED) is 0.360. The van der Waals surface area contributed by atoms with Crippen LogP contribution in [-0.2, 0) is 9.59 Å². The van der Waals surface area contributed by atoms with Gasteiger partial charge >= 0.3 is 0 Å². The summed E-state index contributed by atoms with van der Waals surface area (Å²) in [5, 5.41) is 12.7. The molecule has 7 nitrogen and oxygen atoms in total. The largest absolute Gasteiger partial charge is 0.504 e. The van der Waals surface area contributed by atoms with Gasteiger partial charge in [-0.3, -0.25) is 19.8 Å². The standard InChI is InChI=1S/C16H16N2O5S/c1-4-7-18-15(21)10(14(20)17-16(18)24)8-9-5-6-11(22-2)13(23-3)12(9)19/h4-6,8,19H,1,7H2,2-3H3,(H,17,20,24). The minimum absolute atomic E-state index is 0.0126.